The van der Waals surface area contributed by atoms with Crippen LogP contribution in [0.4, 0.5) is 0 Å². The van der Waals surface area contributed by atoms with Crippen LogP contribution in [0.15, 0.2) is 47.4 Å². The van der Waals surface area contributed by atoms with E-state index >= 15 is 0 Å². The highest BCUT2D eigenvalue weighted by Crippen LogP contribution is 2.34. The minimum Gasteiger partial charge on any atom is -0.510 e. The lowest BCUT2D eigenvalue weighted by Gasteiger charge is -2.10. The van der Waals surface area contributed by atoms with E-state index in [0.29, 0.717) is 25.9 Å². The molecule has 3 heterocycles. The van der Waals surface area contributed by atoms with Gasteiger partial charge >= 0.3 is 0 Å². The average Bonchev–Trinajstić information content (AvgIpc) is 3.26. The molecule has 1 unspecified atom stereocenters. The number of halogens is 2. The maximum Gasteiger partial charge on any atom is 0.196 e. The zero-order valence-electron chi connectivity index (χ0n) is 14.3. The lowest BCUT2D eigenvalue weighted by molar-refractivity contribution is 0.402. The summed E-state index contributed by atoms with van der Waals surface area (Å²) >= 11 is 14.8. The van der Waals surface area contributed by atoms with E-state index in [0.717, 1.165) is 10.2 Å². The van der Waals surface area contributed by atoms with Crippen molar-refractivity contribution in [3.05, 3.63) is 57.3 Å². The number of benzene rings is 1. The number of thiazole rings is 1. The van der Waals surface area contributed by atoms with E-state index in [9.17, 15) is 10.4 Å². The predicted molar refractivity (Wildman–Crippen MR) is 113 cm³/mol. The number of fused-ring (bicyclic) bond motifs is 2. The minimum atomic E-state index is -0.466. The van der Waals surface area contributed by atoms with E-state index in [-0.39, 0.29) is 11.3 Å². The molecule has 0 spiro atoms. The molecular weight excluding hydrogens is 437 g/mol. The Bertz CT molecular complexity index is 1240. The summed E-state index contributed by atoms with van der Waals surface area (Å²) in [6.07, 6.45) is 1.65. The van der Waals surface area contributed by atoms with Crippen molar-refractivity contribution in [2.45, 2.75) is 17.3 Å². The van der Waals surface area contributed by atoms with Gasteiger partial charge in [-0.3, -0.25) is 4.40 Å². The predicted octanol–water partition coefficient (Wildman–Crippen LogP) is 5.62. The van der Waals surface area contributed by atoms with Crippen molar-refractivity contribution in [3.63, 3.8) is 0 Å². The first kappa shape index (κ1) is 19.0. The van der Waals surface area contributed by atoms with E-state index < -0.39 is 5.25 Å². The summed E-state index contributed by atoms with van der Waals surface area (Å²) < 4.78 is 2.61. The van der Waals surface area contributed by atoms with Gasteiger partial charge in [0.2, 0.25) is 0 Å². The summed E-state index contributed by atoms with van der Waals surface area (Å²) in [7, 11) is 0. The second-order valence-corrected chi connectivity index (χ2v) is 8.98. The lowest BCUT2D eigenvalue weighted by atomic mass is 10.2. The largest absolute Gasteiger partial charge is 0.510 e. The van der Waals surface area contributed by atoms with Crippen LogP contribution in [0.3, 0.4) is 0 Å². The number of aliphatic hydroxyl groups is 1. The maximum absolute atomic E-state index is 10.7. The lowest BCUT2D eigenvalue weighted by Crippen LogP contribution is -2.05. The van der Waals surface area contributed by atoms with Gasteiger partial charge in [-0.05, 0) is 25.1 Å². The van der Waals surface area contributed by atoms with E-state index in [1.807, 2.05) is 24.3 Å². The summed E-state index contributed by atoms with van der Waals surface area (Å²) in [5, 5.41) is 29.8. The minimum absolute atomic E-state index is 0.0727. The molecule has 0 amide bonds. The molecule has 28 heavy (non-hydrogen) atoms. The smallest absolute Gasteiger partial charge is 0.196 e. The molecule has 0 aliphatic heterocycles. The van der Waals surface area contributed by atoms with Crippen LogP contribution in [-0.4, -0.2) is 29.9 Å². The van der Waals surface area contributed by atoms with Crippen LogP contribution < -0.4 is 0 Å². The molecule has 0 saturated heterocycles. The van der Waals surface area contributed by atoms with Crippen molar-refractivity contribution in [1.82, 2.24) is 19.6 Å². The molecule has 0 radical (unpaired) electrons. The number of allylic oxidation sites excluding steroid dienone is 1. The normalized spacial score (nSPS) is 13.5. The van der Waals surface area contributed by atoms with Gasteiger partial charge in [0, 0.05) is 6.20 Å². The first-order valence-corrected chi connectivity index (χ1v) is 10.5. The molecular formula is C18H11Cl2N5OS2. The second-order valence-electron chi connectivity index (χ2n) is 5.80. The van der Waals surface area contributed by atoms with Crippen LogP contribution in [0.5, 0.6) is 0 Å². The van der Waals surface area contributed by atoms with Gasteiger partial charge in [0.1, 0.15) is 22.4 Å². The molecule has 140 valence electrons. The zero-order valence-corrected chi connectivity index (χ0v) is 17.4. The van der Waals surface area contributed by atoms with E-state index in [1.165, 1.54) is 23.1 Å². The highest BCUT2D eigenvalue weighted by Gasteiger charge is 2.21. The fourth-order valence-corrected chi connectivity index (χ4v) is 4.96. The monoisotopic (exact) mass is 447 g/mol. The van der Waals surface area contributed by atoms with Gasteiger partial charge < -0.3 is 5.11 Å². The molecule has 0 aliphatic rings. The van der Waals surface area contributed by atoms with Crippen LogP contribution in [0.25, 0.3) is 21.4 Å². The molecule has 4 aromatic rings. The number of rotatable bonds is 4. The molecule has 1 atom stereocenters. The molecule has 6 nitrogen and oxygen atoms in total. The van der Waals surface area contributed by atoms with Crippen molar-refractivity contribution in [1.29, 1.82) is 5.26 Å². The number of aromatic nitrogens is 4. The van der Waals surface area contributed by atoms with Gasteiger partial charge in [0.05, 0.1) is 25.5 Å². The molecule has 0 bridgehead atoms. The Kier molecular flexibility index (Phi) is 5.17. The van der Waals surface area contributed by atoms with Crippen LogP contribution in [0.1, 0.15) is 11.9 Å². The fraction of sp³-hybridized carbons (Fsp3) is 0.111. The van der Waals surface area contributed by atoms with E-state index in [1.54, 1.807) is 23.6 Å². The molecule has 3 aromatic heterocycles. The fourth-order valence-electron chi connectivity index (χ4n) is 2.59. The number of para-hydroxylation sites is 1. The Hall–Kier alpha value is -2.31. The van der Waals surface area contributed by atoms with Crippen molar-refractivity contribution >= 4 is 67.7 Å². The molecule has 0 aliphatic carbocycles. The van der Waals surface area contributed by atoms with Gasteiger partial charge in [-0.25, -0.2) is 4.98 Å². The van der Waals surface area contributed by atoms with E-state index in [2.05, 4.69) is 21.3 Å². The highest BCUT2D eigenvalue weighted by molar-refractivity contribution is 7.99. The summed E-state index contributed by atoms with van der Waals surface area (Å²) in [6, 6.07) is 11.2. The van der Waals surface area contributed by atoms with Crippen LogP contribution >= 0.6 is 46.3 Å². The number of aliphatic hydroxyl groups excluding tert-OH is 1. The van der Waals surface area contributed by atoms with Gasteiger partial charge in [0.25, 0.3) is 0 Å². The van der Waals surface area contributed by atoms with Gasteiger partial charge in [-0.15, -0.1) is 21.5 Å². The molecule has 0 fully saturated rings. The molecule has 1 N–H and O–H groups in total. The van der Waals surface area contributed by atoms with Gasteiger partial charge in [-0.2, -0.15) is 5.26 Å². The molecule has 0 saturated carbocycles. The highest BCUT2D eigenvalue weighted by atomic mass is 35.5. The zero-order chi connectivity index (χ0) is 19.8. The van der Waals surface area contributed by atoms with Crippen LogP contribution in [0.2, 0.25) is 10.0 Å². The standard InChI is InChI=1S/C18H11Cl2N5OS2/c1-9(27-18-24-23-16-12(20)6-10(19)8-25(16)18)15(26)11(7-21)17-22-13-4-2-3-5-14(13)28-17/h2-6,8-9,26H,1H3/b15-11-. The number of thioether (sulfide) groups is 1. The summed E-state index contributed by atoms with van der Waals surface area (Å²) in [4.78, 5) is 4.46. The molecule has 1 aromatic carbocycles. The van der Waals surface area contributed by atoms with Crippen molar-refractivity contribution in [2.24, 2.45) is 0 Å². The van der Waals surface area contributed by atoms with Crippen LogP contribution in [-0.2, 0) is 0 Å². The topological polar surface area (TPSA) is 87.1 Å². The first-order chi connectivity index (χ1) is 13.5. The van der Waals surface area contributed by atoms with Crippen LogP contribution in [0, 0.1) is 11.3 Å². The van der Waals surface area contributed by atoms with Gasteiger partial charge in [-0.1, -0.05) is 47.1 Å². The third-order valence-corrected chi connectivity index (χ3v) is 6.54. The Morgan fingerprint density at radius 1 is 1.32 bits per heavy atom. The molecule has 4 rings (SSSR count). The summed E-state index contributed by atoms with van der Waals surface area (Å²) in [5.41, 5.74) is 1.40. The Balaban J connectivity index is 1.70. The number of nitrogens with zero attached hydrogens (tertiary/aromatic N) is 5. The SMILES string of the molecule is CC(Sc1nnc2c(Cl)cc(Cl)cn12)/C(O)=C(\C#N)c1nc2ccccc2s1. The number of pyridine rings is 1. The third kappa shape index (κ3) is 3.42. The molecule has 10 heteroatoms. The van der Waals surface area contributed by atoms with Crippen molar-refractivity contribution < 1.29 is 5.11 Å². The third-order valence-electron chi connectivity index (χ3n) is 3.94. The summed E-state index contributed by atoms with van der Waals surface area (Å²) in [6.45, 7) is 1.78. The van der Waals surface area contributed by atoms with E-state index in [4.69, 9.17) is 23.2 Å². The summed E-state index contributed by atoms with van der Waals surface area (Å²) in [5.74, 6) is -0.0727. The average molecular weight is 448 g/mol. The number of hydrogen-bond donors (Lipinski definition) is 1. The van der Waals surface area contributed by atoms with Gasteiger partial charge in [0.15, 0.2) is 10.8 Å². The quantitative estimate of drug-likeness (QED) is 0.248. The Morgan fingerprint density at radius 3 is 2.86 bits per heavy atom. The van der Waals surface area contributed by atoms with Crippen molar-refractivity contribution in [2.75, 3.05) is 0 Å². The Labute approximate surface area is 178 Å². The number of hydrogen-bond acceptors (Lipinski definition) is 7. The maximum atomic E-state index is 10.7. The van der Waals surface area contributed by atoms with Crippen molar-refractivity contribution in [3.8, 4) is 6.07 Å². The second kappa shape index (κ2) is 7.60. The number of nitriles is 1. The Morgan fingerprint density at radius 2 is 2.11 bits per heavy atom. The first-order valence-electron chi connectivity index (χ1n) is 8.03.